The molecule has 0 aliphatic carbocycles. The number of nitrogens with zero attached hydrogens (tertiary/aromatic N) is 4. The van der Waals surface area contributed by atoms with Crippen LogP contribution in [0.4, 0.5) is 58.7 Å². The number of halogens is 7. The number of benzene rings is 4. The second-order valence-corrected chi connectivity index (χ2v) is 17.8. The first-order valence-corrected chi connectivity index (χ1v) is 22.4. The molecule has 5 heterocycles. The molecular formula is C50H48BClF6N10O4. The number of aromatic nitrogens is 4. The number of carbonyl (C=O) groups excluding carboxylic acids is 2. The summed E-state index contributed by atoms with van der Waals surface area (Å²) in [5.41, 5.74) is 20.6. The second-order valence-electron chi connectivity index (χ2n) is 17.3. The normalized spacial score (nSPS) is 13.9. The van der Waals surface area contributed by atoms with Crippen molar-refractivity contribution in [1.29, 1.82) is 0 Å². The highest BCUT2D eigenvalue weighted by molar-refractivity contribution is 6.63. The van der Waals surface area contributed by atoms with Crippen LogP contribution in [0.2, 0.25) is 5.02 Å². The number of pyridine rings is 2. The van der Waals surface area contributed by atoms with E-state index in [0.717, 1.165) is 39.1 Å². The van der Waals surface area contributed by atoms with Crippen LogP contribution in [0, 0.1) is 0 Å². The van der Waals surface area contributed by atoms with Gasteiger partial charge in [-0.15, -0.1) is 0 Å². The summed E-state index contributed by atoms with van der Waals surface area (Å²) < 4.78 is 88.7. The minimum Gasteiger partial charge on any atom is -0.399 e. The van der Waals surface area contributed by atoms with Gasteiger partial charge in [0, 0.05) is 68.4 Å². The molecule has 0 radical (unpaired) electrons. The highest BCUT2D eigenvalue weighted by Crippen LogP contribution is 2.37. The number of hydrogen-bond donors (Lipinski definition) is 6. The maximum atomic E-state index is 12.3. The molecule has 14 nitrogen and oxygen atoms in total. The van der Waals surface area contributed by atoms with Gasteiger partial charge in [-0.2, -0.15) is 26.3 Å². The van der Waals surface area contributed by atoms with Crippen LogP contribution >= 0.6 is 11.6 Å². The van der Waals surface area contributed by atoms with E-state index in [1.54, 1.807) is 83.8 Å². The number of urea groups is 2. The summed E-state index contributed by atoms with van der Waals surface area (Å²) in [7, 11) is -0.369. The number of nitrogen functional groups attached to an aromatic ring is 2. The fourth-order valence-electron chi connectivity index (χ4n) is 7.21. The van der Waals surface area contributed by atoms with Gasteiger partial charge < -0.3 is 42.0 Å². The standard InChI is InChI=1S/C22H18F3N5O.C16H12ClF3N4O.C12H18BNO2/c23-22(24,25)13-28-21(31)29-16-5-3-4-15(10-16)19-12-27-20-11-14(8-9-30(19)20)17-6-1-2-7-18(17)26;17-11-4-5-24-13(8-21-14(24)7-11)10-2-1-3-12(6-10)23-15(25)22-9-16(18,19)20;1-11(2)12(3,4)16-13(15-11)9-7-5-6-8-10(9)14/h1-12H,13,26H2,(H2,28,29,31);1-8H,9H2,(H2,22,23,25);5-8H,14H2,1-4H3. The number of imidazole rings is 2. The quantitative estimate of drug-likeness (QED) is 0.0493. The van der Waals surface area contributed by atoms with Crippen molar-refractivity contribution in [2.45, 2.75) is 51.2 Å². The Morgan fingerprint density at radius 2 is 1.08 bits per heavy atom. The molecule has 1 aliphatic heterocycles. The van der Waals surface area contributed by atoms with Crippen molar-refractivity contribution in [1.82, 2.24) is 29.4 Å². The van der Waals surface area contributed by atoms with Crippen LogP contribution < -0.4 is 38.2 Å². The van der Waals surface area contributed by atoms with E-state index in [-0.39, 0.29) is 18.3 Å². The minimum atomic E-state index is -4.47. The molecule has 0 spiro atoms. The van der Waals surface area contributed by atoms with Crippen LogP contribution in [0.1, 0.15) is 27.7 Å². The maximum absolute atomic E-state index is 12.3. The van der Waals surface area contributed by atoms with Crippen molar-refractivity contribution in [2.24, 2.45) is 0 Å². The Hall–Kier alpha value is -7.75. The summed E-state index contributed by atoms with van der Waals surface area (Å²) >= 11 is 5.93. The van der Waals surface area contributed by atoms with E-state index in [1.807, 2.05) is 109 Å². The molecule has 0 bridgehead atoms. The first kappa shape index (κ1) is 52.1. The number of hydrogen-bond acceptors (Lipinski definition) is 8. The summed E-state index contributed by atoms with van der Waals surface area (Å²) in [6.07, 6.45) is -1.97. The highest BCUT2D eigenvalue weighted by Gasteiger charge is 2.52. The zero-order valence-electron chi connectivity index (χ0n) is 39.1. The van der Waals surface area contributed by atoms with Crippen LogP contribution in [0.25, 0.3) is 44.9 Å². The zero-order chi connectivity index (χ0) is 52.0. The fraction of sp³-hybridized carbons (Fsp3) is 0.200. The van der Waals surface area contributed by atoms with Crippen molar-refractivity contribution < 1.29 is 45.2 Å². The molecule has 22 heteroatoms. The molecule has 8 N–H and O–H groups in total. The molecule has 1 saturated heterocycles. The average Bonchev–Trinajstić information content (AvgIpc) is 4.00. The summed E-state index contributed by atoms with van der Waals surface area (Å²) in [6, 6.07) is 34.1. The molecule has 374 valence electrons. The van der Waals surface area contributed by atoms with E-state index >= 15 is 0 Å². The molecule has 1 aliphatic rings. The van der Waals surface area contributed by atoms with E-state index in [1.165, 1.54) is 0 Å². The number of anilines is 4. The van der Waals surface area contributed by atoms with Gasteiger partial charge in [0.05, 0.1) is 35.0 Å². The monoisotopic (exact) mass is 1010 g/mol. The largest absolute Gasteiger partial charge is 0.496 e. The number of carbonyl (C=O) groups is 2. The third-order valence-corrected chi connectivity index (χ3v) is 11.7. The van der Waals surface area contributed by atoms with Gasteiger partial charge in [-0.3, -0.25) is 8.80 Å². The van der Waals surface area contributed by atoms with Crippen LogP contribution in [0.3, 0.4) is 0 Å². The van der Waals surface area contributed by atoms with Gasteiger partial charge in [-0.25, -0.2) is 19.6 Å². The smallest absolute Gasteiger partial charge is 0.399 e. The van der Waals surface area contributed by atoms with E-state index in [2.05, 4.69) is 20.6 Å². The average molecular weight is 1010 g/mol. The fourth-order valence-corrected chi connectivity index (χ4v) is 7.36. The molecule has 0 saturated carbocycles. The second kappa shape index (κ2) is 21.3. The first-order valence-electron chi connectivity index (χ1n) is 22.0. The molecule has 0 atom stereocenters. The highest BCUT2D eigenvalue weighted by atomic mass is 35.5. The number of nitrogens with one attached hydrogen (secondary N) is 4. The lowest BCUT2D eigenvalue weighted by Crippen LogP contribution is -2.41. The molecule has 0 unspecified atom stereocenters. The number of para-hydroxylation sites is 2. The van der Waals surface area contributed by atoms with Gasteiger partial charge in [-0.1, -0.05) is 72.3 Å². The van der Waals surface area contributed by atoms with Crippen LogP contribution in [0.5, 0.6) is 0 Å². The van der Waals surface area contributed by atoms with Gasteiger partial charge in [0.15, 0.2) is 0 Å². The first-order chi connectivity index (χ1) is 33.9. The third kappa shape index (κ3) is 13.2. The number of rotatable bonds is 8. The molecule has 4 amide bonds. The summed E-state index contributed by atoms with van der Waals surface area (Å²) in [5.74, 6) is 0. The van der Waals surface area contributed by atoms with Gasteiger partial charge in [0.25, 0.3) is 0 Å². The predicted octanol–water partition coefficient (Wildman–Crippen LogP) is 10.8. The molecule has 4 aromatic carbocycles. The SMILES string of the molecule is CC1(C)OB(c2ccccc2N)OC1(C)C.Nc1ccccc1-c1ccn2c(-c3cccc(NC(=O)NCC(F)(F)F)c3)cnc2c1.O=C(NCC(F)(F)F)Nc1cccc(-c2cnc3cc(Cl)ccn23)c1. The Morgan fingerprint density at radius 1 is 0.611 bits per heavy atom. The van der Waals surface area contributed by atoms with E-state index in [4.69, 9.17) is 32.4 Å². The third-order valence-electron chi connectivity index (χ3n) is 11.5. The van der Waals surface area contributed by atoms with Crippen molar-refractivity contribution >= 4 is 70.3 Å². The van der Waals surface area contributed by atoms with Crippen LogP contribution in [0.15, 0.2) is 146 Å². The lowest BCUT2D eigenvalue weighted by molar-refractivity contribution is -0.123. The van der Waals surface area contributed by atoms with Crippen molar-refractivity contribution in [3.8, 4) is 33.6 Å². The van der Waals surface area contributed by atoms with Gasteiger partial charge in [0.2, 0.25) is 0 Å². The van der Waals surface area contributed by atoms with Crippen molar-refractivity contribution in [2.75, 3.05) is 35.2 Å². The summed E-state index contributed by atoms with van der Waals surface area (Å²) in [5, 5.41) is 8.87. The van der Waals surface area contributed by atoms with E-state index < -0.39 is 37.5 Å². The number of fused-ring (bicyclic) bond motifs is 2. The van der Waals surface area contributed by atoms with Gasteiger partial charge in [0.1, 0.15) is 24.4 Å². The zero-order valence-corrected chi connectivity index (χ0v) is 39.8. The summed E-state index contributed by atoms with van der Waals surface area (Å²) in [4.78, 5) is 32.0. The Balaban J connectivity index is 0.000000166. The van der Waals surface area contributed by atoms with Gasteiger partial charge >= 0.3 is 31.5 Å². The Bertz CT molecular complexity index is 3200. The minimum absolute atomic E-state index is 0.319. The molecular weight excluding hydrogens is 965 g/mol. The topological polar surface area (TPSA) is 187 Å². The summed E-state index contributed by atoms with van der Waals surface area (Å²) in [6.45, 7) is 5.34. The van der Waals surface area contributed by atoms with E-state index in [9.17, 15) is 35.9 Å². The lowest BCUT2D eigenvalue weighted by atomic mass is 9.78. The predicted molar refractivity (Wildman–Crippen MR) is 269 cm³/mol. The molecule has 8 aromatic rings. The number of alkyl halides is 6. The van der Waals surface area contributed by atoms with E-state index in [0.29, 0.717) is 39.1 Å². The van der Waals surface area contributed by atoms with Gasteiger partial charge in [-0.05, 0) is 87.9 Å². The number of amides is 4. The maximum Gasteiger partial charge on any atom is 0.496 e. The molecule has 4 aromatic heterocycles. The molecule has 72 heavy (non-hydrogen) atoms. The lowest BCUT2D eigenvalue weighted by Gasteiger charge is -2.32. The van der Waals surface area contributed by atoms with Crippen molar-refractivity contribution in [3.63, 3.8) is 0 Å². The molecule has 9 rings (SSSR count). The van der Waals surface area contributed by atoms with Crippen LogP contribution in [-0.2, 0) is 9.31 Å². The molecule has 1 fully saturated rings. The Morgan fingerprint density at radius 3 is 1.58 bits per heavy atom. The Labute approximate surface area is 414 Å². The van der Waals surface area contributed by atoms with Crippen molar-refractivity contribution in [3.05, 3.63) is 151 Å². The number of nitrogens with two attached hydrogens (primary N) is 2. The van der Waals surface area contributed by atoms with Crippen LogP contribution in [-0.4, -0.2) is 74.6 Å². The Kier molecular flexibility index (Phi) is 15.4.